The molecule has 12 nitrogen and oxygen atoms in total. The van der Waals surface area contributed by atoms with Crippen LogP contribution in [0.2, 0.25) is 0 Å². The molecule has 4 N–H and O–H groups in total. The van der Waals surface area contributed by atoms with Crippen LogP contribution in [0.25, 0.3) is 0 Å². The van der Waals surface area contributed by atoms with E-state index in [0.29, 0.717) is 25.9 Å². The van der Waals surface area contributed by atoms with E-state index in [0.717, 1.165) is 30.4 Å². The summed E-state index contributed by atoms with van der Waals surface area (Å²) in [6, 6.07) is 4.98. The molecule has 44 heavy (non-hydrogen) atoms. The SMILES string of the molecule is CC(C)(C)OC(=O)N[C@H]1CCCCC/C=C\[C@H]2C[C@@]2(C(=O)O)NC(=O)[C@@H]2C[C@@H](NC(=O)N3Cc4ccccc4C3)CN2C1=O. The van der Waals surface area contributed by atoms with Crippen LogP contribution in [-0.4, -0.2) is 80.6 Å². The van der Waals surface area contributed by atoms with E-state index in [2.05, 4.69) is 16.0 Å². The zero-order valence-corrected chi connectivity index (χ0v) is 25.6. The topological polar surface area (TPSA) is 157 Å². The van der Waals surface area contributed by atoms with E-state index < -0.39 is 53.1 Å². The van der Waals surface area contributed by atoms with Gasteiger partial charge < -0.3 is 35.6 Å². The molecular formula is C32H43N5O7. The molecule has 2 fully saturated rings. The fourth-order valence-corrected chi connectivity index (χ4v) is 6.40. The van der Waals surface area contributed by atoms with E-state index in [9.17, 15) is 29.1 Å². The number of hydrogen-bond acceptors (Lipinski definition) is 6. The van der Waals surface area contributed by atoms with Crippen molar-refractivity contribution in [2.24, 2.45) is 5.92 Å². The van der Waals surface area contributed by atoms with Crippen LogP contribution in [0.1, 0.15) is 76.8 Å². The Labute approximate surface area is 257 Å². The molecule has 238 valence electrons. The Kier molecular flexibility index (Phi) is 8.90. The number of nitrogens with zero attached hydrogens (tertiary/aromatic N) is 2. The number of benzene rings is 1. The number of carbonyl (C=O) groups excluding carboxylic acids is 4. The quantitative estimate of drug-likeness (QED) is 0.384. The number of amides is 5. The van der Waals surface area contributed by atoms with Crippen molar-refractivity contribution in [3.05, 3.63) is 47.5 Å². The molecule has 5 amide bonds. The van der Waals surface area contributed by atoms with Gasteiger partial charge in [0.15, 0.2) is 0 Å². The van der Waals surface area contributed by atoms with Crippen LogP contribution in [0.5, 0.6) is 0 Å². The largest absolute Gasteiger partial charge is 0.479 e. The lowest BCUT2D eigenvalue weighted by Gasteiger charge is -2.30. The molecule has 3 aliphatic heterocycles. The first-order chi connectivity index (χ1) is 20.9. The van der Waals surface area contributed by atoms with Gasteiger partial charge in [-0.1, -0.05) is 49.3 Å². The van der Waals surface area contributed by atoms with Crippen LogP contribution in [0, 0.1) is 5.92 Å². The highest BCUT2D eigenvalue weighted by atomic mass is 16.6. The third-order valence-corrected chi connectivity index (χ3v) is 8.81. The molecule has 4 aliphatic rings. The van der Waals surface area contributed by atoms with Gasteiger partial charge in [-0.3, -0.25) is 9.59 Å². The minimum atomic E-state index is -1.43. The second-order valence-electron chi connectivity index (χ2n) is 13.4. The monoisotopic (exact) mass is 609 g/mol. The number of rotatable bonds is 3. The minimum absolute atomic E-state index is 0.0410. The van der Waals surface area contributed by atoms with Crippen molar-refractivity contribution in [3.8, 4) is 0 Å². The summed E-state index contributed by atoms with van der Waals surface area (Å²) in [5.74, 6) is -2.52. The smallest absolute Gasteiger partial charge is 0.408 e. The number of carboxylic acids is 1. The summed E-state index contributed by atoms with van der Waals surface area (Å²) in [5.41, 5.74) is -0.0655. The number of urea groups is 1. The third-order valence-electron chi connectivity index (χ3n) is 8.81. The Morgan fingerprint density at radius 3 is 2.41 bits per heavy atom. The van der Waals surface area contributed by atoms with E-state index in [4.69, 9.17) is 4.74 Å². The molecular weight excluding hydrogens is 566 g/mol. The molecule has 0 bridgehead atoms. The van der Waals surface area contributed by atoms with E-state index in [1.165, 1.54) is 4.90 Å². The predicted molar refractivity (Wildman–Crippen MR) is 160 cm³/mol. The van der Waals surface area contributed by atoms with Crippen LogP contribution in [0.3, 0.4) is 0 Å². The molecule has 0 unspecified atom stereocenters. The van der Waals surface area contributed by atoms with Gasteiger partial charge in [0.05, 0.1) is 6.04 Å². The lowest BCUT2D eigenvalue weighted by molar-refractivity contribution is -0.145. The number of fused-ring (bicyclic) bond motifs is 3. The van der Waals surface area contributed by atoms with Crippen molar-refractivity contribution in [1.29, 1.82) is 0 Å². The zero-order chi connectivity index (χ0) is 31.6. The highest BCUT2D eigenvalue weighted by Gasteiger charge is 2.61. The number of hydrogen-bond donors (Lipinski definition) is 4. The average Bonchev–Trinajstić information content (AvgIpc) is 3.27. The van der Waals surface area contributed by atoms with Gasteiger partial charge in [0.2, 0.25) is 11.8 Å². The summed E-state index contributed by atoms with van der Waals surface area (Å²) in [4.78, 5) is 69.2. The first-order valence-corrected chi connectivity index (χ1v) is 15.5. The molecule has 0 radical (unpaired) electrons. The number of alkyl carbamates (subject to hydrolysis) is 1. The van der Waals surface area contributed by atoms with Crippen molar-refractivity contribution in [1.82, 2.24) is 25.8 Å². The fraction of sp³-hybridized carbons (Fsp3) is 0.594. The van der Waals surface area contributed by atoms with Crippen LogP contribution < -0.4 is 16.0 Å². The second-order valence-corrected chi connectivity index (χ2v) is 13.4. The van der Waals surface area contributed by atoms with Crippen molar-refractivity contribution in [3.63, 3.8) is 0 Å². The number of ether oxygens (including phenoxy) is 1. The molecule has 1 aromatic rings. The summed E-state index contributed by atoms with van der Waals surface area (Å²) in [6.45, 7) is 6.15. The summed E-state index contributed by atoms with van der Waals surface area (Å²) in [5, 5.41) is 18.5. The first kappa shape index (κ1) is 31.3. The lowest BCUT2D eigenvalue weighted by Crippen LogP contribution is -2.56. The van der Waals surface area contributed by atoms with Gasteiger partial charge in [-0.2, -0.15) is 0 Å². The zero-order valence-electron chi connectivity index (χ0n) is 25.6. The molecule has 1 aromatic carbocycles. The maximum Gasteiger partial charge on any atom is 0.408 e. The van der Waals surface area contributed by atoms with Gasteiger partial charge in [-0.25, -0.2) is 14.4 Å². The average molecular weight is 610 g/mol. The van der Waals surface area contributed by atoms with Crippen molar-refractivity contribution < 1.29 is 33.8 Å². The molecule has 5 atom stereocenters. The second kappa shape index (κ2) is 12.5. The normalized spacial score (nSPS) is 29.6. The van der Waals surface area contributed by atoms with Gasteiger partial charge >= 0.3 is 18.1 Å². The standard InChI is InChI=1S/C32H43N5O7/c1-31(2,3)44-30(43)34-24-14-8-6-4-5-7-13-22-16-32(22,28(40)41)35-26(38)25-15-23(19-37(25)27(24)39)33-29(42)36-17-20-11-9-10-12-21(20)18-36/h7,9-13,22-25H,4-6,8,14-19H2,1-3H3,(H,33,42)(H,34,43)(H,35,38)(H,40,41)/b13-7-/t22-,23+,24-,25-,32+/m0/s1. The summed E-state index contributed by atoms with van der Waals surface area (Å²) >= 11 is 0. The predicted octanol–water partition coefficient (Wildman–Crippen LogP) is 3.05. The molecule has 1 aliphatic carbocycles. The molecule has 5 rings (SSSR count). The number of allylic oxidation sites excluding steroid dienone is 1. The molecule has 1 saturated carbocycles. The maximum atomic E-state index is 14.1. The Morgan fingerprint density at radius 1 is 1.05 bits per heavy atom. The molecule has 12 heteroatoms. The van der Waals surface area contributed by atoms with Gasteiger partial charge in [0, 0.05) is 25.6 Å². The molecule has 3 heterocycles. The van der Waals surface area contributed by atoms with Crippen LogP contribution in [0.15, 0.2) is 36.4 Å². The lowest BCUT2D eigenvalue weighted by atomic mass is 10.0. The Balaban J connectivity index is 1.37. The number of nitrogens with one attached hydrogen (secondary N) is 3. The molecule has 0 aromatic heterocycles. The number of carboxylic acid groups (broad SMARTS) is 1. The summed E-state index contributed by atoms with van der Waals surface area (Å²) in [6.07, 6.45) is 6.84. The highest BCUT2D eigenvalue weighted by molar-refractivity contribution is 5.96. The van der Waals surface area contributed by atoms with Crippen LogP contribution in [-0.2, 0) is 32.2 Å². The maximum absolute atomic E-state index is 14.1. The Hall–Kier alpha value is -4.09. The van der Waals surface area contributed by atoms with Crippen LogP contribution >= 0.6 is 0 Å². The first-order valence-electron chi connectivity index (χ1n) is 15.5. The molecule has 1 saturated heterocycles. The molecule has 0 spiro atoms. The van der Waals surface area contributed by atoms with Crippen molar-refractivity contribution >= 4 is 29.9 Å². The minimum Gasteiger partial charge on any atom is -0.479 e. The van der Waals surface area contributed by atoms with Gasteiger partial charge in [0.1, 0.15) is 23.2 Å². The summed E-state index contributed by atoms with van der Waals surface area (Å²) in [7, 11) is 0. The van der Waals surface area contributed by atoms with Crippen molar-refractivity contribution in [2.45, 2.75) is 108 Å². The van der Waals surface area contributed by atoms with E-state index in [1.807, 2.05) is 36.4 Å². The Morgan fingerprint density at radius 2 is 1.75 bits per heavy atom. The van der Waals surface area contributed by atoms with E-state index in [1.54, 1.807) is 25.7 Å². The van der Waals surface area contributed by atoms with E-state index in [-0.39, 0.29) is 31.3 Å². The third kappa shape index (κ3) is 7.00. The van der Waals surface area contributed by atoms with Gasteiger partial charge in [-0.15, -0.1) is 0 Å². The number of aliphatic carboxylic acids is 1. The summed E-state index contributed by atoms with van der Waals surface area (Å²) < 4.78 is 5.43. The highest BCUT2D eigenvalue weighted by Crippen LogP contribution is 2.45. The van der Waals surface area contributed by atoms with Crippen molar-refractivity contribution in [2.75, 3.05) is 6.54 Å². The van der Waals surface area contributed by atoms with Crippen LogP contribution in [0.4, 0.5) is 9.59 Å². The number of carbonyl (C=O) groups is 5. The van der Waals surface area contributed by atoms with E-state index >= 15 is 0 Å². The van der Waals surface area contributed by atoms with Gasteiger partial charge in [-0.05, 0) is 64.0 Å². The van der Waals surface area contributed by atoms with Gasteiger partial charge in [0.25, 0.3) is 0 Å². The fourth-order valence-electron chi connectivity index (χ4n) is 6.40. The Bertz CT molecular complexity index is 1320.